The highest BCUT2D eigenvalue weighted by Crippen LogP contribution is 2.69. The Morgan fingerprint density at radius 1 is 0.793 bits per heavy atom. The van der Waals surface area contributed by atoms with E-state index in [2.05, 4.69) is 34.6 Å². The zero-order valence-corrected chi connectivity index (χ0v) is 19.8. The average molecular weight is 399 g/mol. The van der Waals surface area contributed by atoms with Crippen LogP contribution in [0.5, 0.6) is 0 Å². The van der Waals surface area contributed by atoms with Crippen LogP contribution in [-0.2, 0) is 0 Å². The summed E-state index contributed by atoms with van der Waals surface area (Å²) in [4.78, 5) is 0. The molecule has 0 saturated heterocycles. The van der Waals surface area contributed by atoms with E-state index < -0.39 is 0 Å². The molecule has 0 bridgehead atoms. The largest absolute Gasteiger partial charge is 0.393 e. The van der Waals surface area contributed by atoms with Crippen molar-refractivity contribution in [3.05, 3.63) is 12.2 Å². The van der Waals surface area contributed by atoms with Gasteiger partial charge in [0.15, 0.2) is 0 Å². The van der Waals surface area contributed by atoms with Crippen LogP contribution in [0.1, 0.15) is 98.8 Å². The van der Waals surface area contributed by atoms with Crippen molar-refractivity contribution in [1.82, 2.24) is 0 Å². The average Bonchev–Trinajstić information content (AvgIpc) is 2.67. The van der Waals surface area contributed by atoms with Crippen molar-refractivity contribution in [3.63, 3.8) is 0 Å². The highest BCUT2D eigenvalue weighted by Gasteiger charge is 2.62. The van der Waals surface area contributed by atoms with E-state index in [1.54, 1.807) is 5.57 Å². The molecule has 5 rings (SSSR count). The number of aliphatic hydroxyl groups excluding tert-OH is 1. The van der Waals surface area contributed by atoms with Crippen molar-refractivity contribution in [2.75, 3.05) is 0 Å². The molecule has 5 saturated carbocycles. The van der Waals surface area contributed by atoms with E-state index in [1.165, 1.54) is 57.8 Å². The summed E-state index contributed by atoms with van der Waals surface area (Å²) in [5, 5.41) is 10.8. The molecule has 5 aliphatic carbocycles. The maximum Gasteiger partial charge on any atom is 0.0594 e. The molecule has 29 heavy (non-hydrogen) atoms. The fourth-order valence-electron chi connectivity index (χ4n) is 10.3. The van der Waals surface area contributed by atoms with Gasteiger partial charge in [-0.1, -0.05) is 46.8 Å². The Balaban J connectivity index is 1.44. The summed E-state index contributed by atoms with van der Waals surface area (Å²) >= 11 is 0. The minimum atomic E-state index is -0.101. The maximum absolute atomic E-state index is 10.8. The molecule has 10 atom stereocenters. The molecule has 0 amide bonds. The van der Waals surface area contributed by atoms with Gasteiger partial charge in [0, 0.05) is 0 Å². The van der Waals surface area contributed by atoms with Crippen LogP contribution in [0.4, 0.5) is 0 Å². The van der Waals surface area contributed by atoms with E-state index in [0.29, 0.717) is 16.7 Å². The van der Waals surface area contributed by atoms with Crippen LogP contribution < -0.4 is 0 Å². The lowest BCUT2D eigenvalue weighted by Crippen LogP contribution is -2.60. The number of rotatable bonds is 0. The summed E-state index contributed by atoms with van der Waals surface area (Å²) in [7, 11) is 0. The van der Waals surface area contributed by atoms with E-state index in [4.69, 9.17) is 6.58 Å². The van der Waals surface area contributed by atoms with Crippen LogP contribution in [0.25, 0.3) is 0 Å². The van der Waals surface area contributed by atoms with Crippen LogP contribution in [0.3, 0.4) is 0 Å². The van der Waals surface area contributed by atoms with Gasteiger partial charge in [0.1, 0.15) is 0 Å². The number of aliphatic hydroxyl groups is 1. The maximum atomic E-state index is 10.8. The van der Waals surface area contributed by atoms with E-state index in [9.17, 15) is 5.11 Å². The standard InChI is InChI=1S/C28H46O/c1-17-11-14-27(5)15-12-19-20-8-10-23-26(3,4)24(29)13-16-28(23,6)22(20)9-7-21(19)25(27)18(17)2/h17,19-25,29H,2,7-16H2,1,3-6H3/t17-,19+,20+,21+,22-,23+,24+,25-,27-,28-/m1/s1. The van der Waals surface area contributed by atoms with Gasteiger partial charge >= 0.3 is 0 Å². The Hall–Kier alpha value is -0.300. The monoisotopic (exact) mass is 398 g/mol. The van der Waals surface area contributed by atoms with Crippen molar-refractivity contribution in [2.45, 2.75) is 105 Å². The molecule has 5 aliphatic rings. The Morgan fingerprint density at radius 3 is 2.24 bits per heavy atom. The fraction of sp³-hybridized carbons (Fsp3) is 0.929. The van der Waals surface area contributed by atoms with Gasteiger partial charge in [-0.25, -0.2) is 0 Å². The molecule has 0 radical (unpaired) electrons. The third-order valence-electron chi connectivity index (χ3n) is 12.0. The number of allylic oxidation sites excluding steroid dienone is 1. The number of fused-ring (bicyclic) bond motifs is 7. The molecule has 1 nitrogen and oxygen atoms in total. The van der Waals surface area contributed by atoms with Gasteiger partial charge in [0.05, 0.1) is 6.10 Å². The van der Waals surface area contributed by atoms with Crippen molar-refractivity contribution in [2.24, 2.45) is 57.7 Å². The molecule has 1 heteroatoms. The lowest BCUT2D eigenvalue weighted by molar-refractivity contribution is -0.182. The molecule has 0 unspecified atom stereocenters. The molecule has 0 spiro atoms. The summed E-state index contributed by atoms with van der Waals surface area (Å²) in [6.07, 6.45) is 13.6. The Labute approximate surface area is 180 Å². The van der Waals surface area contributed by atoms with Crippen LogP contribution >= 0.6 is 0 Å². The molecule has 1 N–H and O–H groups in total. The predicted octanol–water partition coefficient (Wildman–Crippen LogP) is 7.24. The van der Waals surface area contributed by atoms with Crippen LogP contribution in [0.15, 0.2) is 12.2 Å². The Kier molecular flexibility index (Phi) is 4.69. The number of hydrogen-bond acceptors (Lipinski definition) is 1. The third kappa shape index (κ3) is 2.74. The molecular formula is C28H46O. The highest BCUT2D eigenvalue weighted by atomic mass is 16.3. The summed E-state index contributed by atoms with van der Waals surface area (Å²) in [5.41, 5.74) is 2.70. The van der Waals surface area contributed by atoms with Gasteiger partial charge in [-0.3, -0.25) is 0 Å². The molecule has 164 valence electrons. The second kappa shape index (κ2) is 6.60. The van der Waals surface area contributed by atoms with Gasteiger partial charge in [-0.05, 0) is 122 Å². The first-order valence-corrected chi connectivity index (χ1v) is 13.0. The smallest absolute Gasteiger partial charge is 0.0594 e. The first kappa shape index (κ1) is 20.6. The highest BCUT2D eigenvalue weighted by molar-refractivity contribution is 5.20. The lowest BCUT2D eigenvalue weighted by atomic mass is 9.39. The van der Waals surface area contributed by atoms with Gasteiger partial charge in [-0.2, -0.15) is 0 Å². The molecule has 0 aromatic rings. The van der Waals surface area contributed by atoms with E-state index in [0.717, 1.165) is 41.9 Å². The lowest BCUT2D eigenvalue weighted by Gasteiger charge is -2.66. The third-order valence-corrected chi connectivity index (χ3v) is 12.0. The fourth-order valence-corrected chi connectivity index (χ4v) is 10.3. The quantitative estimate of drug-likeness (QED) is 0.426. The summed E-state index contributed by atoms with van der Waals surface area (Å²) in [6, 6.07) is 0. The molecule has 5 fully saturated rings. The summed E-state index contributed by atoms with van der Waals surface area (Å²) in [5.74, 6) is 5.92. The summed E-state index contributed by atoms with van der Waals surface area (Å²) in [6.45, 7) is 17.1. The zero-order chi connectivity index (χ0) is 20.8. The van der Waals surface area contributed by atoms with Crippen LogP contribution in [-0.4, -0.2) is 11.2 Å². The van der Waals surface area contributed by atoms with Crippen LogP contribution in [0, 0.1) is 57.7 Å². The van der Waals surface area contributed by atoms with Crippen molar-refractivity contribution in [3.8, 4) is 0 Å². The summed E-state index contributed by atoms with van der Waals surface area (Å²) < 4.78 is 0. The molecule has 0 aromatic heterocycles. The van der Waals surface area contributed by atoms with Crippen molar-refractivity contribution in [1.29, 1.82) is 0 Å². The zero-order valence-electron chi connectivity index (χ0n) is 19.8. The SMILES string of the molecule is C=C1[C@H](C)CC[C@]2(C)CC[C@@H]3[C@H](CC[C@@H]4[C@H]3CC[C@H]3C(C)(C)[C@@H](O)CC[C@]43C)[C@@H]12. The minimum absolute atomic E-state index is 0.0903. The van der Waals surface area contributed by atoms with E-state index in [1.807, 2.05) is 0 Å². The van der Waals surface area contributed by atoms with Crippen molar-refractivity contribution < 1.29 is 5.11 Å². The molecule has 0 aromatic carbocycles. The normalized spacial score (nSPS) is 56.6. The van der Waals surface area contributed by atoms with Gasteiger partial charge in [0.2, 0.25) is 0 Å². The Bertz CT molecular complexity index is 678. The molecule has 0 aliphatic heterocycles. The van der Waals surface area contributed by atoms with E-state index in [-0.39, 0.29) is 11.5 Å². The first-order valence-electron chi connectivity index (χ1n) is 13.0. The second-order valence-electron chi connectivity index (χ2n) is 13.4. The second-order valence-corrected chi connectivity index (χ2v) is 13.4. The topological polar surface area (TPSA) is 20.2 Å². The van der Waals surface area contributed by atoms with Gasteiger partial charge < -0.3 is 5.11 Å². The Morgan fingerprint density at radius 2 is 1.48 bits per heavy atom. The van der Waals surface area contributed by atoms with E-state index >= 15 is 0 Å². The number of hydrogen-bond donors (Lipinski definition) is 1. The predicted molar refractivity (Wildman–Crippen MR) is 121 cm³/mol. The molecule has 0 heterocycles. The molecular weight excluding hydrogens is 352 g/mol. The first-order chi connectivity index (χ1) is 13.6. The van der Waals surface area contributed by atoms with Crippen LogP contribution in [0.2, 0.25) is 0 Å². The minimum Gasteiger partial charge on any atom is -0.393 e. The van der Waals surface area contributed by atoms with Gasteiger partial charge in [-0.15, -0.1) is 0 Å². The van der Waals surface area contributed by atoms with Gasteiger partial charge in [0.25, 0.3) is 0 Å². The van der Waals surface area contributed by atoms with Crippen molar-refractivity contribution >= 4 is 0 Å².